The van der Waals surface area contributed by atoms with E-state index in [0.717, 1.165) is 37.9 Å². The van der Waals surface area contributed by atoms with Crippen LogP contribution in [0.1, 0.15) is 49.7 Å². The van der Waals surface area contributed by atoms with Gasteiger partial charge < -0.3 is 10.0 Å². The van der Waals surface area contributed by atoms with Gasteiger partial charge in [-0.05, 0) is 48.6 Å². The lowest BCUT2D eigenvalue weighted by Crippen LogP contribution is -2.30. The Bertz CT molecular complexity index is 508. The highest BCUT2D eigenvalue weighted by Gasteiger charge is 2.28. The standard InChI is InChI=1S/C19H27NO2/c21-14-18-7-3-6-16(11-18)10-17-8-9-20(13-17)19(22)12-15-4-1-2-5-15/h3,6-7,11,15,17,21H,1-2,4-5,8-10,12-14H2. The van der Waals surface area contributed by atoms with Crippen LogP contribution in [0.2, 0.25) is 0 Å². The molecule has 1 aliphatic heterocycles. The highest BCUT2D eigenvalue weighted by molar-refractivity contribution is 5.76. The Hall–Kier alpha value is -1.35. The first kappa shape index (κ1) is 15.5. The smallest absolute Gasteiger partial charge is 0.222 e. The number of carbonyl (C=O) groups excluding carboxylic acids is 1. The summed E-state index contributed by atoms with van der Waals surface area (Å²) >= 11 is 0. The number of rotatable bonds is 5. The molecule has 1 atom stereocenters. The lowest BCUT2D eigenvalue weighted by atomic mass is 9.97. The first-order valence-electron chi connectivity index (χ1n) is 8.71. The molecule has 1 heterocycles. The zero-order valence-electron chi connectivity index (χ0n) is 13.3. The van der Waals surface area contributed by atoms with Crippen molar-refractivity contribution in [2.45, 2.75) is 51.6 Å². The van der Waals surface area contributed by atoms with Crippen molar-refractivity contribution in [1.29, 1.82) is 0 Å². The van der Waals surface area contributed by atoms with E-state index < -0.39 is 0 Å². The Balaban J connectivity index is 1.49. The molecule has 0 aromatic heterocycles. The fraction of sp³-hybridized carbons (Fsp3) is 0.632. The summed E-state index contributed by atoms with van der Waals surface area (Å²) in [7, 11) is 0. The van der Waals surface area contributed by atoms with Crippen molar-refractivity contribution in [3.05, 3.63) is 35.4 Å². The second-order valence-electron chi connectivity index (χ2n) is 7.03. The molecule has 3 rings (SSSR count). The summed E-state index contributed by atoms with van der Waals surface area (Å²) in [4.78, 5) is 14.5. The van der Waals surface area contributed by atoms with Crippen LogP contribution in [0.5, 0.6) is 0 Å². The molecule has 0 bridgehead atoms. The van der Waals surface area contributed by atoms with E-state index in [9.17, 15) is 9.90 Å². The van der Waals surface area contributed by atoms with E-state index in [-0.39, 0.29) is 6.61 Å². The Labute approximate surface area is 133 Å². The molecule has 120 valence electrons. The molecule has 22 heavy (non-hydrogen) atoms. The molecule has 3 nitrogen and oxygen atoms in total. The minimum Gasteiger partial charge on any atom is -0.392 e. The van der Waals surface area contributed by atoms with E-state index in [1.165, 1.54) is 31.2 Å². The summed E-state index contributed by atoms with van der Waals surface area (Å²) in [5, 5.41) is 9.22. The third kappa shape index (κ3) is 3.89. The van der Waals surface area contributed by atoms with Crippen molar-refractivity contribution in [2.24, 2.45) is 11.8 Å². The van der Waals surface area contributed by atoms with E-state index in [0.29, 0.717) is 17.7 Å². The van der Waals surface area contributed by atoms with Crippen molar-refractivity contribution in [2.75, 3.05) is 13.1 Å². The predicted octanol–water partition coefficient (Wildman–Crippen LogP) is 3.15. The van der Waals surface area contributed by atoms with Gasteiger partial charge in [-0.3, -0.25) is 4.79 Å². The maximum atomic E-state index is 12.4. The Kier molecular flexibility index (Phi) is 5.14. The molecule has 0 spiro atoms. The fourth-order valence-corrected chi connectivity index (χ4v) is 4.00. The summed E-state index contributed by atoms with van der Waals surface area (Å²) in [6, 6.07) is 8.18. The monoisotopic (exact) mass is 301 g/mol. The molecule has 1 N–H and O–H groups in total. The SMILES string of the molecule is O=C(CC1CCCC1)N1CCC(Cc2cccc(CO)c2)C1. The van der Waals surface area contributed by atoms with Gasteiger partial charge in [0.2, 0.25) is 5.91 Å². The molecule has 1 unspecified atom stereocenters. The van der Waals surface area contributed by atoms with Crippen molar-refractivity contribution < 1.29 is 9.90 Å². The molecule has 2 fully saturated rings. The number of carbonyl (C=O) groups is 1. The molecule has 1 aliphatic carbocycles. The van der Waals surface area contributed by atoms with Crippen molar-refractivity contribution in [3.63, 3.8) is 0 Å². The van der Waals surface area contributed by atoms with Gasteiger partial charge in [-0.15, -0.1) is 0 Å². The van der Waals surface area contributed by atoms with Gasteiger partial charge in [0, 0.05) is 19.5 Å². The van der Waals surface area contributed by atoms with Gasteiger partial charge in [-0.1, -0.05) is 37.1 Å². The van der Waals surface area contributed by atoms with Crippen molar-refractivity contribution in [1.82, 2.24) is 4.90 Å². The van der Waals surface area contributed by atoms with E-state index in [1.54, 1.807) is 0 Å². The van der Waals surface area contributed by atoms with Gasteiger partial charge >= 0.3 is 0 Å². The minimum absolute atomic E-state index is 0.102. The Morgan fingerprint density at radius 3 is 2.68 bits per heavy atom. The van der Waals surface area contributed by atoms with Gasteiger partial charge in [0.25, 0.3) is 0 Å². The average Bonchev–Trinajstić information content (AvgIpc) is 3.19. The summed E-state index contributed by atoms with van der Waals surface area (Å²) in [5.74, 6) is 1.59. The van der Waals surface area contributed by atoms with Crippen LogP contribution >= 0.6 is 0 Å². The van der Waals surface area contributed by atoms with Gasteiger partial charge in [-0.2, -0.15) is 0 Å². The van der Waals surface area contributed by atoms with Gasteiger partial charge in [-0.25, -0.2) is 0 Å². The van der Waals surface area contributed by atoms with Crippen LogP contribution in [0.4, 0.5) is 0 Å². The topological polar surface area (TPSA) is 40.5 Å². The molecule has 1 aromatic carbocycles. The fourth-order valence-electron chi connectivity index (χ4n) is 4.00. The third-order valence-corrected chi connectivity index (χ3v) is 5.27. The number of nitrogens with zero attached hydrogens (tertiary/aromatic N) is 1. The molecule has 2 aliphatic rings. The van der Waals surface area contributed by atoms with Crippen LogP contribution < -0.4 is 0 Å². The number of aliphatic hydroxyl groups excluding tert-OH is 1. The van der Waals surface area contributed by atoms with Crippen LogP contribution in [0.15, 0.2) is 24.3 Å². The Morgan fingerprint density at radius 2 is 1.91 bits per heavy atom. The molecule has 1 saturated heterocycles. The average molecular weight is 301 g/mol. The third-order valence-electron chi connectivity index (χ3n) is 5.27. The lowest BCUT2D eigenvalue weighted by molar-refractivity contribution is -0.131. The van der Waals surface area contributed by atoms with Gasteiger partial charge in [0.1, 0.15) is 0 Å². The highest BCUT2D eigenvalue weighted by Crippen LogP contribution is 2.29. The minimum atomic E-state index is 0.102. The Morgan fingerprint density at radius 1 is 1.14 bits per heavy atom. The number of likely N-dealkylation sites (tertiary alicyclic amines) is 1. The molecule has 1 aromatic rings. The van der Waals surface area contributed by atoms with Crippen molar-refractivity contribution >= 4 is 5.91 Å². The number of amides is 1. The summed E-state index contributed by atoms with van der Waals surface area (Å²) in [5.41, 5.74) is 2.26. The first-order chi connectivity index (χ1) is 10.7. The largest absolute Gasteiger partial charge is 0.392 e. The number of hydrogen-bond acceptors (Lipinski definition) is 2. The second kappa shape index (κ2) is 7.28. The van der Waals surface area contributed by atoms with Crippen LogP contribution in [0.3, 0.4) is 0 Å². The molecule has 1 saturated carbocycles. The predicted molar refractivity (Wildman–Crippen MR) is 87.3 cm³/mol. The molecular weight excluding hydrogens is 274 g/mol. The molecule has 3 heteroatoms. The molecule has 0 radical (unpaired) electrons. The first-order valence-corrected chi connectivity index (χ1v) is 8.71. The highest BCUT2D eigenvalue weighted by atomic mass is 16.3. The van der Waals surface area contributed by atoms with Crippen LogP contribution in [0, 0.1) is 11.8 Å². The number of hydrogen-bond donors (Lipinski definition) is 1. The van der Waals surface area contributed by atoms with E-state index in [1.807, 2.05) is 12.1 Å². The molecular formula is C19H27NO2. The van der Waals surface area contributed by atoms with E-state index >= 15 is 0 Å². The second-order valence-corrected chi connectivity index (χ2v) is 7.03. The number of benzene rings is 1. The maximum absolute atomic E-state index is 12.4. The number of aliphatic hydroxyl groups is 1. The summed E-state index contributed by atoms with van der Waals surface area (Å²) in [6.07, 6.45) is 8.00. The maximum Gasteiger partial charge on any atom is 0.222 e. The van der Waals surface area contributed by atoms with E-state index in [4.69, 9.17) is 0 Å². The van der Waals surface area contributed by atoms with Crippen LogP contribution in [-0.4, -0.2) is 29.0 Å². The van der Waals surface area contributed by atoms with Crippen LogP contribution in [-0.2, 0) is 17.8 Å². The summed E-state index contributed by atoms with van der Waals surface area (Å²) < 4.78 is 0. The van der Waals surface area contributed by atoms with Crippen molar-refractivity contribution in [3.8, 4) is 0 Å². The van der Waals surface area contributed by atoms with Gasteiger partial charge in [0.15, 0.2) is 0 Å². The molecule has 1 amide bonds. The van der Waals surface area contributed by atoms with Crippen LogP contribution in [0.25, 0.3) is 0 Å². The lowest BCUT2D eigenvalue weighted by Gasteiger charge is -2.19. The van der Waals surface area contributed by atoms with E-state index in [2.05, 4.69) is 17.0 Å². The zero-order chi connectivity index (χ0) is 15.4. The van der Waals surface area contributed by atoms with Gasteiger partial charge in [0.05, 0.1) is 6.61 Å². The quantitative estimate of drug-likeness (QED) is 0.907. The normalized spacial score (nSPS) is 22.4. The summed E-state index contributed by atoms with van der Waals surface area (Å²) in [6.45, 7) is 1.94. The zero-order valence-corrected chi connectivity index (χ0v) is 13.3.